The molecule has 3 rings (SSSR count). The fraction of sp³-hybridized carbons (Fsp3) is 0.750. The zero-order valence-electron chi connectivity index (χ0n) is 22.1. The topological polar surface area (TPSA) is 108 Å². The number of nitrogens with zero attached hydrogens (tertiary/aromatic N) is 1. The number of benzene rings is 1. The van der Waals surface area contributed by atoms with Gasteiger partial charge in [-0.25, -0.2) is 9.18 Å². The van der Waals surface area contributed by atoms with Gasteiger partial charge in [-0.1, -0.05) is 55.8 Å². The minimum atomic E-state index is -1.48. The molecule has 2 fully saturated rings. The second-order valence-electron chi connectivity index (χ2n) is 10.9. The predicted octanol–water partition coefficient (Wildman–Crippen LogP) is 4.56. The van der Waals surface area contributed by atoms with Crippen molar-refractivity contribution in [2.24, 2.45) is 17.6 Å². The Hall–Kier alpha value is -1.45. The summed E-state index contributed by atoms with van der Waals surface area (Å²) in [5.74, 6) is -0.449. The van der Waals surface area contributed by atoms with Crippen LogP contribution in [0.15, 0.2) is 18.2 Å². The van der Waals surface area contributed by atoms with Gasteiger partial charge in [0.1, 0.15) is 5.82 Å². The highest BCUT2D eigenvalue weighted by Gasteiger charge is 2.43. The molecule has 2 aliphatic rings. The Morgan fingerprint density at radius 2 is 2.03 bits per heavy atom. The number of likely N-dealkylation sites (tertiary alicyclic amines) is 1. The first-order valence-corrected chi connectivity index (χ1v) is 14.3. The molecule has 1 saturated heterocycles. The highest BCUT2D eigenvalue weighted by Crippen LogP contribution is 2.42. The minimum Gasteiger partial charge on any atom is -0.394 e. The van der Waals surface area contributed by atoms with Gasteiger partial charge in [-0.2, -0.15) is 0 Å². The standard InChI is InChI=1S/C28H45ClFN3O4/c1-37-16-6-5-14-28(36,22-12-7-13-23(29)26(22)30)21-11-8-15-33(18-21)27(35)32-25(19-34)24(31)17-20-9-3-2-4-10-20/h7,12-13,20-21,24-25,34,36H,2-6,8-11,14-19,31H2,1H3,(H,32,35)/t21-,24+,25-,28+/m1/s1. The number of urea groups is 1. The van der Waals surface area contributed by atoms with Crippen LogP contribution in [0.1, 0.15) is 76.2 Å². The van der Waals surface area contributed by atoms with Gasteiger partial charge in [-0.05, 0) is 50.5 Å². The summed E-state index contributed by atoms with van der Waals surface area (Å²) in [6.07, 6.45) is 9.81. The maximum Gasteiger partial charge on any atom is 0.317 e. The van der Waals surface area contributed by atoms with Crippen molar-refractivity contribution >= 4 is 17.6 Å². The molecule has 1 saturated carbocycles. The zero-order chi connectivity index (χ0) is 26.8. The van der Waals surface area contributed by atoms with Crippen LogP contribution in [0.2, 0.25) is 5.02 Å². The smallest absolute Gasteiger partial charge is 0.317 e. The third kappa shape index (κ3) is 8.02. The van der Waals surface area contributed by atoms with Crippen molar-refractivity contribution in [3.8, 4) is 0 Å². The second-order valence-corrected chi connectivity index (χ2v) is 11.3. The zero-order valence-corrected chi connectivity index (χ0v) is 22.9. The number of nitrogens with one attached hydrogen (secondary N) is 1. The normalized spacial score (nSPS) is 22.3. The van der Waals surface area contributed by atoms with Crippen LogP contribution in [0.3, 0.4) is 0 Å². The van der Waals surface area contributed by atoms with E-state index in [1.807, 2.05) is 0 Å². The quantitative estimate of drug-likeness (QED) is 0.290. The van der Waals surface area contributed by atoms with Gasteiger partial charge >= 0.3 is 6.03 Å². The van der Waals surface area contributed by atoms with Crippen molar-refractivity contribution in [3.05, 3.63) is 34.6 Å². The van der Waals surface area contributed by atoms with Crippen LogP contribution in [0.4, 0.5) is 9.18 Å². The Balaban J connectivity index is 1.70. The number of hydrogen-bond donors (Lipinski definition) is 4. The maximum absolute atomic E-state index is 15.1. The van der Waals surface area contributed by atoms with Crippen molar-refractivity contribution < 1.29 is 24.1 Å². The van der Waals surface area contributed by atoms with Crippen molar-refractivity contribution in [2.45, 2.75) is 88.3 Å². The highest BCUT2D eigenvalue weighted by atomic mass is 35.5. The van der Waals surface area contributed by atoms with Gasteiger partial charge in [0.15, 0.2) is 0 Å². The van der Waals surface area contributed by atoms with E-state index in [-0.39, 0.29) is 41.7 Å². The van der Waals surface area contributed by atoms with Crippen LogP contribution in [0.5, 0.6) is 0 Å². The van der Waals surface area contributed by atoms with Crippen LogP contribution in [-0.4, -0.2) is 66.6 Å². The van der Waals surface area contributed by atoms with Crippen molar-refractivity contribution in [1.82, 2.24) is 10.2 Å². The number of nitrogens with two attached hydrogens (primary N) is 1. The van der Waals surface area contributed by atoms with E-state index in [0.29, 0.717) is 44.8 Å². The summed E-state index contributed by atoms with van der Waals surface area (Å²) in [5.41, 5.74) is 5.12. The van der Waals surface area contributed by atoms with Crippen LogP contribution in [0, 0.1) is 17.7 Å². The molecule has 5 N–H and O–H groups in total. The summed E-state index contributed by atoms with van der Waals surface area (Å²) >= 11 is 6.08. The molecule has 1 aromatic carbocycles. The SMILES string of the molecule is COCCCC[C@@](O)(c1cccc(Cl)c1F)[C@@H]1CCCN(C(=O)N[C@H](CO)[C@@H](N)CC2CCCCC2)C1. The molecule has 1 aliphatic heterocycles. The highest BCUT2D eigenvalue weighted by molar-refractivity contribution is 6.30. The lowest BCUT2D eigenvalue weighted by Gasteiger charge is -2.43. The average molecular weight is 542 g/mol. The number of methoxy groups -OCH3 is 1. The maximum atomic E-state index is 15.1. The molecule has 210 valence electrons. The number of aliphatic hydroxyl groups is 2. The third-order valence-corrected chi connectivity index (χ3v) is 8.60. The van der Waals surface area contributed by atoms with Crippen LogP contribution in [-0.2, 0) is 10.3 Å². The van der Waals surface area contributed by atoms with Gasteiger partial charge < -0.3 is 30.9 Å². The molecular formula is C28H45ClFN3O4. The number of piperidine rings is 1. The lowest BCUT2D eigenvalue weighted by molar-refractivity contribution is -0.0588. The first kappa shape index (κ1) is 30.1. The van der Waals surface area contributed by atoms with Gasteiger partial charge in [0.2, 0.25) is 0 Å². The summed E-state index contributed by atoms with van der Waals surface area (Å²) in [6, 6.07) is 3.54. The van der Waals surface area contributed by atoms with Crippen molar-refractivity contribution in [3.63, 3.8) is 0 Å². The Morgan fingerprint density at radius 3 is 2.73 bits per heavy atom. The number of ether oxygens (including phenoxy) is 1. The van der Waals surface area contributed by atoms with E-state index in [4.69, 9.17) is 22.1 Å². The molecular weight excluding hydrogens is 497 g/mol. The van der Waals surface area contributed by atoms with E-state index in [1.54, 1.807) is 24.1 Å². The molecule has 37 heavy (non-hydrogen) atoms. The summed E-state index contributed by atoms with van der Waals surface area (Å²) in [6.45, 7) is 1.12. The van der Waals surface area contributed by atoms with E-state index >= 15 is 4.39 Å². The van der Waals surface area contributed by atoms with Gasteiger partial charge in [-0.3, -0.25) is 0 Å². The van der Waals surface area contributed by atoms with E-state index in [0.717, 1.165) is 25.7 Å². The third-order valence-electron chi connectivity index (χ3n) is 8.31. The predicted molar refractivity (Wildman–Crippen MR) is 144 cm³/mol. The Bertz CT molecular complexity index is 857. The summed E-state index contributed by atoms with van der Waals surface area (Å²) in [5, 5.41) is 24.8. The van der Waals surface area contributed by atoms with Crippen LogP contribution < -0.4 is 11.1 Å². The number of amides is 2. The fourth-order valence-corrected chi connectivity index (χ4v) is 6.27. The minimum absolute atomic E-state index is 0.0315. The summed E-state index contributed by atoms with van der Waals surface area (Å²) in [4.78, 5) is 14.9. The van der Waals surface area contributed by atoms with Gasteiger partial charge in [0, 0.05) is 44.3 Å². The first-order chi connectivity index (χ1) is 17.8. The number of carbonyl (C=O) groups excluding carboxylic acids is 1. The lowest BCUT2D eigenvalue weighted by atomic mass is 9.74. The molecule has 2 amide bonds. The molecule has 0 aromatic heterocycles. The Morgan fingerprint density at radius 1 is 1.27 bits per heavy atom. The largest absolute Gasteiger partial charge is 0.394 e. The summed E-state index contributed by atoms with van der Waals surface area (Å²) in [7, 11) is 1.63. The molecule has 0 radical (unpaired) electrons. The Kier molecular flexibility index (Phi) is 11.9. The molecule has 1 aromatic rings. The number of rotatable bonds is 12. The monoisotopic (exact) mass is 541 g/mol. The van der Waals surface area contributed by atoms with E-state index < -0.39 is 17.5 Å². The average Bonchev–Trinajstić information content (AvgIpc) is 2.91. The molecule has 9 heteroatoms. The first-order valence-electron chi connectivity index (χ1n) is 13.9. The molecule has 0 spiro atoms. The number of carbonyl (C=O) groups is 1. The molecule has 0 bridgehead atoms. The van der Waals surface area contributed by atoms with Gasteiger partial charge in [0.05, 0.1) is 23.3 Å². The number of hydrogen-bond acceptors (Lipinski definition) is 5. The van der Waals surface area contributed by atoms with Crippen LogP contribution in [0.25, 0.3) is 0 Å². The molecule has 1 aliphatic carbocycles. The van der Waals surface area contributed by atoms with Gasteiger partial charge in [0.25, 0.3) is 0 Å². The second kappa shape index (κ2) is 14.6. The van der Waals surface area contributed by atoms with Gasteiger partial charge in [-0.15, -0.1) is 0 Å². The van der Waals surface area contributed by atoms with E-state index in [2.05, 4.69) is 5.32 Å². The molecule has 7 nitrogen and oxygen atoms in total. The summed E-state index contributed by atoms with van der Waals surface area (Å²) < 4.78 is 20.3. The number of aliphatic hydroxyl groups excluding tert-OH is 1. The fourth-order valence-electron chi connectivity index (χ4n) is 6.10. The lowest BCUT2D eigenvalue weighted by Crippen LogP contribution is -2.57. The molecule has 4 atom stereocenters. The van der Waals surface area contributed by atoms with E-state index in [1.165, 1.54) is 25.3 Å². The van der Waals surface area contributed by atoms with Crippen molar-refractivity contribution in [1.29, 1.82) is 0 Å². The molecule has 0 unspecified atom stereocenters. The van der Waals surface area contributed by atoms with Crippen molar-refractivity contribution in [2.75, 3.05) is 33.4 Å². The molecule has 1 heterocycles. The number of halogens is 2. The van der Waals surface area contributed by atoms with Crippen LogP contribution >= 0.6 is 11.6 Å². The van der Waals surface area contributed by atoms with E-state index in [9.17, 15) is 15.0 Å². The Labute approximate surface area is 225 Å². The number of unbranched alkanes of at least 4 members (excludes halogenated alkanes) is 1.